The Bertz CT molecular complexity index is 702. The minimum absolute atomic E-state index is 0.516. The summed E-state index contributed by atoms with van der Waals surface area (Å²) in [5.41, 5.74) is 2.38. The number of rotatable bonds is 4. The highest BCUT2D eigenvalue weighted by atomic mass is 16.5. The van der Waals surface area contributed by atoms with Crippen molar-refractivity contribution >= 4 is 0 Å². The van der Waals surface area contributed by atoms with E-state index in [1.165, 1.54) is 18.5 Å². The lowest BCUT2D eigenvalue weighted by atomic mass is 9.94. The zero-order valence-electron chi connectivity index (χ0n) is 14.7. The van der Waals surface area contributed by atoms with E-state index in [1.807, 2.05) is 12.3 Å². The van der Waals surface area contributed by atoms with Crippen molar-refractivity contribution in [1.82, 2.24) is 15.1 Å². The van der Waals surface area contributed by atoms with Crippen LogP contribution < -0.4 is 14.2 Å². The average molecular weight is 343 g/mol. The average Bonchev–Trinajstić information content (AvgIpc) is 3.08. The quantitative estimate of drug-likeness (QED) is 0.925. The SMILES string of the molecule is COc1cc2c(cc1CN1CCC[C@@H](c3ccn[nH]3)C1)OCCCO2. The molecule has 134 valence electrons. The molecule has 4 rings (SSSR count). The summed E-state index contributed by atoms with van der Waals surface area (Å²) >= 11 is 0. The number of aromatic nitrogens is 2. The lowest BCUT2D eigenvalue weighted by molar-refractivity contribution is 0.196. The third-order valence-electron chi connectivity index (χ3n) is 5.01. The molecule has 1 aromatic carbocycles. The van der Waals surface area contributed by atoms with E-state index in [0.717, 1.165) is 48.9 Å². The highest BCUT2D eigenvalue weighted by Crippen LogP contribution is 2.37. The Kier molecular flexibility index (Phi) is 4.78. The van der Waals surface area contributed by atoms with E-state index >= 15 is 0 Å². The van der Waals surface area contributed by atoms with Crippen LogP contribution in [-0.2, 0) is 6.54 Å². The summed E-state index contributed by atoms with van der Waals surface area (Å²) in [4.78, 5) is 2.48. The summed E-state index contributed by atoms with van der Waals surface area (Å²) in [6.45, 7) is 4.37. The van der Waals surface area contributed by atoms with Crippen LogP contribution in [0.15, 0.2) is 24.4 Å². The number of methoxy groups -OCH3 is 1. The smallest absolute Gasteiger partial charge is 0.164 e. The summed E-state index contributed by atoms with van der Waals surface area (Å²) in [6.07, 6.45) is 5.14. The molecule has 1 aromatic heterocycles. The van der Waals surface area contributed by atoms with Crippen LogP contribution >= 0.6 is 0 Å². The molecule has 0 unspecified atom stereocenters. The zero-order chi connectivity index (χ0) is 17.1. The van der Waals surface area contributed by atoms with Crippen LogP contribution in [0.2, 0.25) is 0 Å². The Hall–Kier alpha value is -2.21. The molecule has 0 amide bonds. The summed E-state index contributed by atoms with van der Waals surface area (Å²) in [7, 11) is 1.71. The monoisotopic (exact) mass is 343 g/mol. The van der Waals surface area contributed by atoms with Crippen molar-refractivity contribution in [1.29, 1.82) is 0 Å². The number of piperidine rings is 1. The molecule has 1 fully saturated rings. The van der Waals surface area contributed by atoms with Gasteiger partial charge in [0.25, 0.3) is 0 Å². The van der Waals surface area contributed by atoms with E-state index in [4.69, 9.17) is 14.2 Å². The molecule has 0 aliphatic carbocycles. The molecular formula is C19H25N3O3. The summed E-state index contributed by atoms with van der Waals surface area (Å²) in [6, 6.07) is 6.13. The van der Waals surface area contributed by atoms with Gasteiger partial charge in [0.2, 0.25) is 0 Å². The molecule has 3 heterocycles. The van der Waals surface area contributed by atoms with Crippen molar-refractivity contribution in [2.45, 2.75) is 31.7 Å². The van der Waals surface area contributed by atoms with Crippen molar-refractivity contribution < 1.29 is 14.2 Å². The van der Waals surface area contributed by atoms with E-state index in [0.29, 0.717) is 19.1 Å². The van der Waals surface area contributed by atoms with Crippen molar-refractivity contribution in [3.63, 3.8) is 0 Å². The van der Waals surface area contributed by atoms with E-state index in [2.05, 4.69) is 27.2 Å². The third kappa shape index (κ3) is 3.58. The lowest BCUT2D eigenvalue weighted by Gasteiger charge is -2.32. The van der Waals surface area contributed by atoms with E-state index in [9.17, 15) is 0 Å². The fourth-order valence-electron chi connectivity index (χ4n) is 3.73. The predicted octanol–water partition coefficient (Wildman–Crippen LogP) is 2.96. The molecule has 1 N–H and O–H groups in total. The van der Waals surface area contributed by atoms with Crippen molar-refractivity contribution in [2.75, 3.05) is 33.4 Å². The van der Waals surface area contributed by atoms with Gasteiger partial charge in [-0.2, -0.15) is 5.10 Å². The first-order chi connectivity index (χ1) is 12.3. The molecule has 2 aliphatic heterocycles. The van der Waals surface area contributed by atoms with E-state index < -0.39 is 0 Å². The highest BCUT2D eigenvalue weighted by molar-refractivity contribution is 5.51. The first-order valence-electron chi connectivity index (χ1n) is 9.01. The zero-order valence-corrected chi connectivity index (χ0v) is 14.7. The topological polar surface area (TPSA) is 59.6 Å². The van der Waals surface area contributed by atoms with Gasteiger partial charge in [-0.1, -0.05) is 0 Å². The minimum Gasteiger partial charge on any atom is -0.496 e. The first-order valence-corrected chi connectivity index (χ1v) is 9.01. The van der Waals surface area contributed by atoms with Crippen LogP contribution in [0.1, 0.15) is 36.4 Å². The van der Waals surface area contributed by atoms with Crippen LogP contribution in [0.3, 0.4) is 0 Å². The number of fused-ring (bicyclic) bond motifs is 1. The molecule has 0 spiro atoms. The van der Waals surface area contributed by atoms with Gasteiger partial charge in [0.15, 0.2) is 11.5 Å². The Morgan fingerprint density at radius 1 is 1.24 bits per heavy atom. The maximum atomic E-state index is 5.85. The molecule has 0 saturated carbocycles. The Morgan fingerprint density at radius 3 is 2.84 bits per heavy atom. The maximum Gasteiger partial charge on any atom is 0.164 e. The van der Waals surface area contributed by atoms with Gasteiger partial charge >= 0.3 is 0 Å². The van der Waals surface area contributed by atoms with Crippen LogP contribution in [-0.4, -0.2) is 48.5 Å². The molecule has 2 aliphatic rings. The second-order valence-corrected chi connectivity index (χ2v) is 6.75. The lowest BCUT2D eigenvalue weighted by Crippen LogP contribution is -2.34. The number of ether oxygens (including phenoxy) is 3. The molecule has 1 saturated heterocycles. The molecule has 2 aromatic rings. The van der Waals surface area contributed by atoms with Crippen LogP contribution in [0, 0.1) is 0 Å². The largest absolute Gasteiger partial charge is 0.496 e. The number of hydrogen-bond donors (Lipinski definition) is 1. The normalized spacial score (nSPS) is 20.9. The molecule has 6 nitrogen and oxygen atoms in total. The van der Waals surface area contributed by atoms with Gasteiger partial charge < -0.3 is 14.2 Å². The maximum absolute atomic E-state index is 5.85. The number of likely N-dealkylation sites (tertiary alicyclic amines) is 1. The van der Waals surface area contributed by atoms with Gasteiger partial charge in [0, 0.05) is 48.9 Å². The van der Waals surface area contributed by atoms with Gasteiger partial charge in [-0.3, -0.25) is 10.00 Å². The number of benzene rings is 1. The molecular weight excluding hydrogens is 318 g/mol. The number of H-pyrrole nitrogens is 1. The summed E-state index contributed by atoms with van der Waals surface area (Å²) < 4.78 is 17.2. The predicted molar refractivity (Wildman–Crippen MR) is 94.4 cm³/mol. The fourth-order valence-corrected chi connectivity index (χ4v) is 3.73. The number of nitrogens with zero attached hydrogens (tertiary/aromatic N) is 2. The molecule has 0 bridgehead atoms. The second-order valence-electron chi connectivity index (χ2n) is 6.75. The fraction of sp³-hybridized carbons (Fsp3) is 0.526. The highest BCUT2D eigenvalue weighted by Gasteiger charge is 2.24. The van der Waals surface area contributed by atoms with Gasteiger partial charge in [-0.05, 0) is 31.5 Å². The number of aromatic amines is 1. The summed E-state index contributed by atoms with van der Waals surface area (Å²) in [5.74, 6) is 3.00. The Morgan fingerprint density at radius 2 is 2.08 bits per heavy atom. The van der Waals surface area contributed by atoms with Crippen molar-refractivity contribution in [3.05, 3.63) is 35.7 Å². The van der Waals surface area contributed by atoms with Crippen LogP contribution in [0.5, 0.6) is 17.2 Å². The van der Waals surface area contributed by atoms with Gasteiger partial charge in [-0.25, -0.2) is 0 Å². The van der Waals surface area contributed by atoms with E-state index in [-0.39, 0.29) is 0 Å². The Labute approximate surface area is 148 Å². The van der Waals surface area contributed by atoms with Crippen molar-refractivity contribution in [3.8, 4) is 17.2 Å². The molecule has 0 radical (unpaired) electrons. The van der Waals surface area contributed by atoms with Crippen molar-refractivity contribution in [2.24, 2.45) is 0 Å². The second kappa shape index (κ2) is 7.35. The minimum atomic E-state index is 0.516. The standard InChI is InChI=1S/C19H25N3O3/c1-23-17-11-19-18(24-8-3-9-25-19)10-15(17)13-22-7-2-4-14(12-22)16-5-6-20-21-16/h5-6,10-11,14H,2-4,7-9,12-13H2,1H3,(H,20,21)/t14-/m1/s1. The van der Waals surface area contributed by atoms with Gasteiger partial charge in [-0.15, -0.1) is 0 Å². The Balaban J connectivity index is 1.52. The summed E-state index contributed by atoms with van der Waals surface area (Å²) in [5, 5.41) is 7.22. The molecule has 25 heavy (non-hydrogen) atoms. The first kappa shape index (κ1) is 16.3. The third-order valence-corrected chi connectivity index (χ3v) is 5.01. The van der Waals surface area contributed by atoms with Crippen LogP contribution in [0.4, 0.5) is 0 Å². The molecule has 6 heteroatoms. The van der Waals surface area contributed by atoms with E-state index in [1.54, 1.807) is 7.11 Å². The number of hydrogen-bond acceptors (Lipinski definition) is 5. The van der Waals surface area contributed by atoms with Gasteiger partial charge in [0.1, 0.15) is 5.75 Å². The van der Waals surface area contributed by atoms with Crippen LogP contribution in [0.25, 0.3) is 0 Å². The van der Waals surface area contributed by atoms with Gasteiger partial charge in [0.05, 0.1) is 20.3 Å². The molecule has 1 atom stereocenters. The number of nitrogens with one attached hydrogen (secondary N) is 1.